The van der Waals surface area contributed by atoms with Crippen molar-refractivity contribution in [3.05, 3.63) is 29.0 Å². The van der Waals surface area contributed by atoms with Crippen LogP contribution in [0.4, 0.5) is 4.39 Å². The monoisotopic (exact) mass is 336 g/mol. The Morgan fingerprint density at radius 3 is 2.62 bits per heavy atom. The number of rotatable bonds is 8. The van der Waals surface area contributed by atoms with Gasteiger partial charge in [0.2, 0.25) is 0 Å². The van der Waals surface area contributed by atoms with Gasteiger partial charge in [0.1, 0.15) is 5.82 Å². The molecule has 7 heteroatoms. The number of carbonyl (C=O) groups excluding carboxylic acids is 1. The molecule has 0 unspecified atom stereocenters. The van der Waals surface area contributed by atoms with E-state index in [0.717, 1.165) is 12.1 Å². The van der Waals surface area contributed by atoms with Gasteiger partial charge in [-0.25, -0.2) is 12.8 Å². The summed E-state index contributed by atoms with van der Waals surface area (Å²) in [6.45, 7) is 2.08. The minimum atomic E-state index is -3.48. The summed E-state index contributed by atoms with van der Waals surface area (Å²) in [5.74, 6) is -0.978. The molecule has 0 bridgehead atoms. The zero-order valence-electron chi connectivity index (χ0n) is 11.8. The fourth-order valence-corrected chi connectivity index (χ4v) is 3.40. The van der Waals surface area contributed by atoms with Gasteiger partial charge in [-0.3, -0.25) is 4.79 Å². The summed E-state index contributed by atoms with van der Waals surface area (Å²) >= 11 is 5.58. The second-order valence-electron chi connectivity index (χ2n) is 4.51. The van der Waals surface area contributed by atoms with E-state index in [2.05, 4.69) is 0 Å². The number of carbonyl (C=O) groups is 1. The minimum absolute atomic E-state index is 0.0132. The van der Waals surface area contributed by atoms with Crippen molar-refractivity contribution in [3.63, 3.8) is 0 Å². The molecule has 1 aromatic rings. The van der Waals surface area contributed by atoms with Crippen molar-refractivity contribution >= 4 is 27.4 Å². The predicted molar refractivity (Wildman–Crippen MR) is 78.6 cm³/mol. The Morgan fingerprint density at radius 2 is 2.00 bits per heavy atom. The second-order valence-corrected chi connectivity index (χ2v) is 7.03. The first-order valence-corrected chi connectivity index (χ1v) is 8.73. The molecule has 0 aromatic heterocycles. The Labute approximate surface area is 129 Å². The Bertz CT molecular complexity index is 587. The first-order chi connectivity index (χ1) is 9.86. The zero-order chi connectivity index (χ0) is 15.9. The van der Waals surface area contributed by atoms with Gasteiger partial charge in [-0.05, 0) is 38.0 Å². The van der Waals surface area contributed by atoms with Crippen molar-refractivity contribution in [3.8, 4) is 0 Å². The van der Waals surface area contributed by atoms with E-state index in [-0.39, 0.29) is 28.1 Å². The van der Waals surface area contributed by atoms with E-state index in [9.17, 15) is 17.6 Å². The number of unbranched alkanes of at least 4 members (excludes halogenated alkanes) is 2. The van der Waals surface area contributed by atoms with Crippen LogP contribution in [0.2, 0.25) is 5.02 Å². The van der Waals surface area contributed by atoms with Crippen molar-refractivity contribution < 1.29 is 22.3 Å². The maximum Gasteiger partial charge on any atom is 0.305 e. The topological polar surface area (TPSA) is 60.4 Å². The summed E-state index contributed by atoms with van der Waals surface area (Å²) in [6.07, 6.45) is 1.90. The average Bonchev–Trinajstić information content (AvgIpc) is 2.41. The molecule has 0 atom stereocenters. The van der Waals surface area contributed by atoms with Crippen molar-refractivity contribution in [2.75, 3.05) is 12.4 Å². The molecule has 0 saturated heterocycles. The van der Waals surface area contributed by atoms with E-state index in [1.54, 1.807) is 6.92 Å². The van der Waals surface area contributed by atoms with E-state index >= 15 is 0 Å². The van der Waals surface area contributed by atoms with E-state index in [1.165, 1.54) is 6.07 Å². The minimum Gasteiger partial charge on any atom is -0.466 e. The summed E-state index contributed by atoms with van der Waals surface area (Å²) in [6, 6.07) is 3.36. The summed E-state index contributed by atoms with van der Waals surface area (Å²) in [5, 5.41) is -0.210. The second kappa shape index (κ2) is 8.34. The number of hydrogen-bond donors (Lipinski definition) is 0. The lowest BCUT2D eigenvalue weighted by Crippen LogP contribution is -2.08. The maximum absolute atomic E-state index is 13.0. The van der Waals surface area contributed by atoms with Crippen LogP contribution in [0.15, 0.2) is 23.1 Å². The third-order valence-electron chi connectivity index (χ3n) is 2.85. The molecule has 1 rings (SSSR count). The molecule has 4 nitrogen and oxygen atoms in total. The number of sulfone groups is 1. The molecule has 0 N–H and O–H groups in total. The first kappa shape index (κ1) is 17.9. The van der Waals surface area contributed by atoms with Crippen LogP contribution in [0.1, 0.15) is 32.6 Å². The molecule has 0 spiro atoms. The molecule has 0 aliphatic carbocycles. The number of hydrogen-bond acceptors (Lipinski definition) is 4. The van der Waals surface area contributed by atoms with Crippen LogP contribution >= 0.6 is 11.6 Å². The van der Waals surface area contributed by atoms with Crippen LogP contribution in [0.3, 0.4) is 0 Å². The lowest BCUT2D eigenvalue weighted by molar-refractivity contribution is -0.143. The van der Waals surface area contributed by atoms with Gasteiger partial charge in [0.05, 0.1) is 22.3 Å². The standard InChI is InChI=1S/C14H18ClFO4S/c1-2-20-14(17)6-4-3-5-9-21(18,19)11-7-8-13(16)12(15)10-11/h7-8,10H,2-6,9H2,1H3. The van der Waals surface area contributed by atoms with Crippen molar-refractivity contribution in [1.82, 2.24) is 0 Å². The number of ether oxygens (including phenoxy) is 1. The Balaban J connectivity index is 2.43. The van der Waals surface area contributed by atoms with Crippen LogP contribution in [-0.4, -0.2) is 26.7 Å². The van der Waals surface area contributed by atoms with Gasteiger partial charge < -0.3 is 4.74 Å². The van der Waals surface area contributed by atoms with E-state index < -0.39 is 15.7 Å². The molecule has 0 amide bonds. The molecule has 0 aliphatic heterocycles. The molecule has 1 aromatic carbocycles. The highest BCUT2D eigenvalue weighted by atomic mass is 35.5. The van der Waals surface area contributed by atoms with Crippen LogP contribution in [0, 0.1) is 5.82 Å². The highest BCUT2D eigenvalue weighted by Crippen LogP contribution is 2.21. The van der Waals surface area contributed by atoms with Crippen LogP contribution in [0.5, 0.6) is 0 Å². The molecule has 21 heavy (non-hydrogen) atoms. The van der Waals surface area contributed by atoms with Crippen LogP contribution in [0.25, 0.3) is 0 Å². The van der Waals surface area contributed by atoms with Gasteiger partial charge in [0, 0.05) is 6.42 Å². The number of halogens is 2. The average molecular weight is 337 g/mol. The van der Waals surface area contributed by atoms with Gasteiger partial charge in [-0.1, -0.05) is 18.0 Å². The zero-order valence-corrected chi connectivity index (χ0v) is 13.3. The van der Waals surface area contributed by atoms with Crippen LogP contribution < -0.4 is 0 Å². The summed E-state index contributed by atoms with van der Waals surface area (Å²) in [4.78, 5) is 11.1. The Kier molecular flexibility index (Phi) is 7.11. The number of benzene rings is 1. The fourth-order valence-electron chi connectivity index (χ4n) is 1.76. The van der Waals surface area contributed by atoms with Gasteiger partial charge in [-0.15, -0.1) is 0 Å². The molecular weight excluding hydrogens is 319 g/mol. The van der Waals surface area contributed by atoms with Gasteiger partial charge >= 0.3 is 5.97 Å². The normalized spacial score (nSPS) is 11.4. The molecular formula is C14H18ClFO4S. The van der Waals surface area contributed by atoms with Gasteiger partial charge in [0.15, 0.2) is 9.84 Å². The third-order valence-corrected chi connectivity index (χ3v) is 4.94. The predicted octanol–water partition coefficient (Wildman–Crippen LogP) is 3.38. The van der Waals surface area contributed by atoms with E-state index in [4.69, 9.17) is 16.3 Å². The first-order valence-electron chi connectivity index (χ1n) is 6.70. The Hall–Kier alpha value is -1.14. The SMILES string of the molecule is CCOC(=O)CCCCCS(=O)(=O)c1ccc(F)c(Cl)c1. The quantitative estimate of drug-likeness (QED) is 0.415. The largest absolute Gasteiger partial charge is 0.466 e. The van der Waals surface area contributed by atoms with Crippen molar-refractivity contribution in [2.45, 2.75) is 37.5 Å². The molecule has 0 saturated carbocycles. The molecule has 0 aliphatic rings. The lowest BCUT2D eigenvalue weighted by Gasteiger charge is -2.05. The molecule has 0 fully saturated rings. The Morgan fingerprint density at radius 1 is 1.29 bits per heavy atom. The van der Waals surface area contributed by atoms with Gasteiger partial charge in [0.25, 0.3) is 0 Å². The molecule has 0 radical (unpaired) electrons. The van der Waals surface area contributed by atoms with Crippen LogP contribution in [-0.2, 0) is 19.4 Å². The highest BCUT2D eigenvalue weighted by Gasteiger charge is 2.15. The van der Waals surface area contributed by atoms with Crippen molar-refractivity contribution in [1.29, 1.82) is 0 Å². The van der Waals surface area contributed by atoms with Crippen molar-refractivity contribution in [2.24, 2.45) is 0 Å². The van der Waals surface area contributed by atoms with E-state index in [1.807, 2.05) is 0 Å². The molecule has 0 heterocycles. The maximum atomic E-state index is 13.0. The third kappa shape index (κ3) is 6.01. The lowest BCUT2D eigenvalue weighted by atomic mass is 10.2. The molecule has 118 valence electrons. The smallest absolute Gasteiger partial charge is 0.305 e. The summed E-state index contributed by atoms with van der Waals surface area (Å²) in [5.41, 5.74) is 0. The van der Waals surface area contributed by atoms with E-state index in [0.29, 0.717) is 25.9 Å². The highest BCUT2D eigenvalue weighted by molar-refractivity contribution is 7.91. The fraction of sp³-hybridized carbons (Fsp3) is 0.500. The van der Waals surface area contributed by atoms with Gasteiger partial charge in [-0.2, -0.15) is 0 Å². The summed E-state index contributed by atoms with van der Waals surface area (Å²) in [7, 11) is -3.48. The number of esters is 1. The summed E-state index contributed by atoms with van der Waals surface area (Å²) < 4.78 is 41.8.